The van der Waals surface area contributed by atoms with E-state index in [2.05, 4.69) is 13.8 Å². The number of carbonyl (C=O) groups excluding carboxylic acids is 2. The third-order valence-corrected chi connectivity index (χ3v) is 4.76. The molecule has 154 valence electrons. The van der Waals surface area contributed by atoms with Crippen molar-refractivity contribution in [3.05, 3.63) is 0 Å². The molecule has 0 aromatic carbocycles. The van der Waals surface area contributed by atoms with E-state index in [1.807, 2.05) is 0 Å². The van der Waals surface area contributed by atoms with Gasteiger partial charge in [-0.25, -0.2) is 0 Å². The molecule has 0 radical (unpaired) electrons. The number of ether oxygens (including phenoxy) is 2. The van der Waals surface area contributed by atoms with Crippen LogP contribution in [0.5, 0.6) is 0 Å². The number of esters is 2. The van der Waals surface area contributed by atoms with Crippen LogP contribution in [0.4, 0.5) is 0 Å². The Hall–Kier alpha value is -1.06. The molecular weight excluding hydrogens is 328 g/mol. The molecule has 0 saturated heterocycles. The van der Waals surface area contributed by atoms with E-state index in [0.717, 1.165) is 25.7 Å². The molecule has 2 unspecified atom stereocenters. The normalized spacial score (nSPS) is 13.2. The molecule has 4 nitrogen and oxygen atoms in total. The van der Waals surface area contributed by atoms with Crippen molar-refractivity contribution in [2.24, 2.45) is 0 Å². The van der Waals surface area contributed by atoms with Crippen LogP contribution in [0.2, 0.25) is 0 Å². The van der Waals surface area contributed by atoms with Crippen LogP contribution in [0.15, 0.2) is 0 Å². The van der Waals surface area contributed by atoms with Crippen LogP contribution in [0, 0.1) is 0 Å². The van der Waals surface area contributed by atoms with Gasteiger partial charge in [0.1, 0.15) is 12.2 Å². The van der Waals surface area contributed by atoms with Crippen LogP contribution in [-0.2, 0) is 19.1 Å². The lowest BCUT2D eigenvalue weighted by Crippen LogP contribution is -2.30. The number of hydrogen-bond acceptors (Lipinski definition) is 4. The maximum atomic E-state index is 11.9. The molecule has 0 N–H and O–H groups in total. The molecule has 0 aliphatic heterocycles. The summed E-state index contributed by atoms with van der Waals surface area (Å²) >= 11 is 0. The molecule has 0 fully saturated rings. The molecule has 0 amide bonds. The molecule has 4 heteroatoms. The molecular formula is C22H42O4. The fourth-order valence-electron chi connectivity index (χ4n) is 2.82. The third kappa shape index (κ3) is 15.2. The highest BCUT2D eigenvalue weighted by molar-refractivity contribution is 5.70. The van der Waals surface area contributed by atoms with Gasteiger partial charge in [0, 0.05) is 12.8 Å². The Kier molecular flexibility index (Phi) is 16.7. The first kappa shape index (κ1) is 24.9. The fourth-order valence-corrected chi connectivity index (χ4v) is 2.82. The zero-order valence-electron chi connectivity index (χ0n) is 17.7. The smallest absolute Gasteiger partial charge is 0.306 e. The van der Waals surface area contributed by atoms with E-state index in [-0.39, 0.29) is 11.9 Å². The molecule has 0 saturated carbocycles. The summed E-state index contributed by atoms with van der Waals surface area (Å²) in [5.74, 6) is -0.376. The summed E-state index contributed by atoms with van der Waals surface area (Å²) in [6.07, 6.45) is 13.9. The molecule has 0 heterocycles. The molecule has 0 aliphatic carbocycles. The van der Waals surface area contributed by atoms with Crippen molar-refractivity contribution >= 4 is 11.9 Å². The summed E-state index contributed by atoms with van der Waals surface area (Å²) < 4.78 is 10.8. The van der Waals surface area contributed by atoms with E-state index in [1.165, 1.54) is 51.4 Å². The Morgan fingerprint density at radius 3 is 1.23 bits per heavy atom. The zero-order chi connectivity index (χ0) is 19.6. The van der Waals surface area contributed by atoms with E-state index in [0.29, 0.717) is 12.8 Å². The minimum Gasteiger partial charge on any atom is -0.459 e. The van der Waals surface area contributed by atoms with Crippen molar-refractivity contribution in [3.8, 4) is 0 Å². The second kappa shape index (κ2) is 17.4. The zero-order valence-corrected chi connectivity index (χ0v) is 17.7. The van der Waals surface area contributed by atoms with Crippen molar-refractivity contribution in [1.82, 2.24) is 0 Å². The standard InChI is InChI=1S/C22H42O4/c1-5-7-9-11-13-15-17-21(23)25-19(3)20(4)26-22(24)18-16-14-12-10-8-6-2/h19-20H,5-18H2,1-4H3. The Morgan fingerprint density at radius 2 is 0.885 bits per heavy atom. The van der Waals surface area contributed by atoms with Crippen LogP contribution in [0.25, 0.3) is 0 Å². The van der Waals surface area contributed by atoms with Gasteiger partial charge in [-0.2, -0.15) is 0 Å². The quantitative estimate of drug-likeness (QED) is 0.221. The summed E-state index contributed by atoms with van der Waals surface area (Å²) in [4.78, 5) is 23.7. The van der Waals surface area contributed by atoms with Gasteiger partial charge in [-0.3, -0.25) is 9.59 Å². The lowest BCUT2D eigenvalue weighted by Gasteiger charge is -2.21. The third-order valence-electron chi connectivity index (χ3n) is 4.76. The molecule has 0 aromatic heterocycles. The van der Waals surface area contributed by atoms with E-state index < -0.39 is 12.2 Å². The van der Waals surface area contributed by atoms with Gasteiger partial charge in [-0.05, 0) is 26.7 Å². The van der Waals surface area contributed by atoms with Crippen LogP contribution >= 0.6 is 0 Å². The van der Waals surface area contributed by atoms with Crippen molar-refractivity contribution < 1.29 is 19.1 Å². The lowest BCUT2D eigenvalue weighted by atomic mass is 10.1. The van der Waals surface area contributed by atoms with Crippen molar-refractivity contribution in [2.45, 2.75) is 130 Å². The van der Waals surface area contributed by atoms with E-state index in [1.54, 1.807) is 13.8 Å². The van der Waals surface area contributed by atoms with Crippen molar-refractivity contribution in [2.75, 3.05) is 0 Å². The average molecular weight is 371 g/mol. The van der Waals surface area contributed by atoms with E-state index in [4.69, 9.17) is 9.47 Å². The van der Waals surface area contributed by atoms with Gasteiger partial charge in [0.05, 0.1) is 0 Å². The van der Waals surface area contributed by atoms with Gasteiger partial charge in [-0.1, -0.05) is 78.1 Å². The molecule has 0 rings (SSSR count). The Bertz CT molecular complexity index is 320. The minimum atomic E-state index is -0.393. The van der Waals surface area contributed by atoms with Gasteiger partial charge in [0.25, 0.3) is 0 Å². The monoisotopic (exact) mass is 370 g/mol. The van der Waals surface area contributed by atoms with E-state index in [9.17, 15) is 9.59 Å². The largest absolute Gasteiger partial charge is 0.459 e. The Morgan fingerprint density at radius 1 is 0.577 bits per heavy atom. The van der Waals surface area contributed by atoms with E-state index >= 15 is 0 Å². The number of hydrogen-bond donors (Lipinski definition) is 0. The maximum Gasteiger partial charge on any atom is 0.306 e. The van der Waals surface area contributed by atoms with Crippen molar-refractivity contribution in [1.29, 1.82) is 0 Å². The predicted octanol–water partition coefficient (Wildman–Crippen LogP) is 6.35. The summed E-state index contributed by atoms with van der Waals surface area (Å²) in [6.45, 7) is 7.98. The SMILES string of the molecule is CCCCCCCCC(=O)OC(C)C(C)OC(=O)CCCCCCCC. The highest BCUT2D eigenvalue weighted by atomic mass is 16.6. The number of carbonyl (C=O) groups is 2. The van der Waals surface area contributed by atoms with Gasteiger partial charge < -0.3 is 9.47 Å². The van der Waals surface area contributed by atoms with Crippen LogP contribution < -0.4 is 0 Å². The second-order valence-corrected chi connectivity index (χ2v) is 7.43. The number of rotatable bonds is 17. The molecule has 0 aliphatic rings. The predicted molar refractivity (Wildman–Crippen MR) is 107 cm³/mol. The maximum absolute atomic E-state index is 11.9. The average Bonchev–Trinajstić information content (AvgIpc) is 2.60. The first-order valence-corrected chi connectivity index (χ1v) is 10.9. The highest BCUT2D eigenvalue weighted by Crippen LogP contribution is 2.12. The van der Waals surface area contributed by atoms with Crippen LogP contribution in [-0.4, -0.2) is 24.1 Å². The topological polar surface area (TPSA) is 52.6 Å². The fraction of sp³-hybridized carbons (Fsp3) is 0.909. The van der Waals surface area contributed by atoms with Crippen molar-refractivity contribution in [3.63, 3.8) is 0 Å². The summed E-state index contributed by atoms with van der Waals surface area (Å²) in [5, 5.41) is 0. The lowest BCUT2D eigenvalue weighted by molar-refractivity contribution is -0.165. The minimum absolute atomic E-state index is 0.188. The molecule has 2 atom stereocenters. The van der Waals surface area contributed by atoms with Gasteiger partial charge in [0.2, 0.25) is 0 Å². The van der Waals surface area contributed by atoms with Gasteiger partial charge in [0.15, 0.2) is 0 Å². The molecule has 26 heavy (non-hydrogen) atoms. The Balaban J connectivity index is 3.74. The van der Waals surface area contributed by atoms with Crippen LogP contribution in [0.3, 0.4) is 0 Å². The van der Waals surface area contributed by atoms with Gasteiger partial charge in [-0.15, -0.1) is 0 Å². The Labute approximate surface area is 161 Å². The molecule has 0 bridgehead atoms. The second-order valence-electron chi connectivity index (χ2n) is 7.43. The number of unbranched alkanes of at least 4 members (excludes halogenated alkanes) is 10. The van der Waals surface area contributed by atoms with Gasteiger partial charge >= 0.3 is 11.9 Å². The molecule has 0 aromatic rings. The highest BCUT2D eigenvalue weighted by Gasteiger charge is 2.20. The first-order valence-electron chi connectivity index (χ1n) is 10.9. The summed E-state index contributed by atoms with van der Waals surface area (Å²) in [5.41, 5.74) is 0. The first-order chi connectivity index (χ1) is 12.5. The summed E-state index contributed by atoms with van der Waals surface area (Å²) in [6, 6.07) is 0. The summed E-state index contributed by atoms with van der Waals surface area (Å²) in [7, 11) is 0. The molecule has 0 spiro atoms. The van der Waals surface area contributed by atoms with Crippen LogP contribution in [0.1, 0.15) is 118 Å².